The number of nitrogens with one attached hydrogen (secondary N) is 2. The highest BCUT2D eigenvalue weighted by molar-refractivity contribution is 5.76. The number of hydrogen-bond donors (Lipinski definition) is 2. The summed E-state index contributed by atoms with van der Waals surface area (Å²) in [5, 5.41) is 6.40. The second-order valence-electron chi connectivity index (χ2n) is 7.16. The molecule has 1 unspecified atom stereocenters. The number of carbonyl (C=O) groups excluding carboxylic acids is 2. The molecule has 5 heteroatoms. The molecule has 0 aromatic heterocycles. The zero-order valence-electron chi connectivity index (χ0n) is 14.6. The van der Waals surface area contributed by atoms with E-state index in [9.17, 15) is 9.59 Å². The van der Waals surface area contributed by atoms with Gasteiger partial charge in [-0.2, -0.15) is 0 Å². The number of piperidine rings is 1. The molecule has 0 aromatic rings. The number of hydrogen-bond acceptors (Lipinski definition) is 3. The Hall–Kier alpha value is -1.10. The van der Waals surface area contributed by atoms with Crippen molar-refractivity contribution >= 4 is 11.8 Å². The second-order valence-corrected chi connectivity index (χ2v) is 7.16. The first-order valence-electron chi connectivity index (χ1n) is 9.42. The van der Waals surface area contributed by atoms with Crippen molar-refractivity contribution in [3.8, 4) is 0 Å². The minimum atomic E-state index is 0.165. The molecule has 2 rings (SSSR count). The Labute approximate surface area is 140 Å². The maximum atomic E-state index is 12.1. The van der Waals surface area contributed by atoms with Crippen LogP contribution in [0.15, 0.2) is 0 Å². The van der Waals surface area contributed by atoms with Gasteiger partial charge in [0.25, 0.3) is 0 Å². The summed E-state index contributed by atoms with van der Waals surface area (Å²) in [6.45, 7) is 6.72. The molecule has 2 amide bonds. The average molecular weight is 323 g/mol. The van der Waals surface area contributed by atoms with Crippen molar-refractivity contribution in [3.05, 3.63) is 0 Å². The lowest BCUT2D eigenvalue weighted by atomic mass is 9.84. The second kappa shape index (κ2) is 9.91. The van der Waals surface area contributed by atoms with Gasteiger partial charge in [0.2, 0.25) is 11.8 Å². The van der Waals surface area contributed by atoms with E-state index in [2.05, 4.69) is 17.6 Å². The topological polar surface area (TPSA) is 61.4 Å². The van der Waals surface area contributed by atoms with Gasteiger partial charge in [-0.05, 0) is 57.0 Å². The number of carbonyl (C=O) groups is 2. The molecule has 2 N–H and O–H groups in total. The SMILES string of the molecule is CC(CC(=O)NCCCN1CCCCCC1=O)C1CCNCC1. The van der Waals surface area contributed by atoms with Crippen LogP contribution in [-0.4, -0.2) is 49.4 Å². The third kappa shape index (κ3) is 6.50. The number of likely N-dealkylation sites (tertiary alicyclic amines) is 1. The summed E-state index contributed by atoms with van der Waals surface area (Å²) in [6.07, 6.45) is 7.86. The van der Waals surface area contributed by atoms with Crippen molar-refractivity contribution in [2.24, 2.45) is 11.8 Å². The van der Waals surface area contributed by atoms with Crippen molar-refractivity contribution in [3.63, 3.8) is 0 Å². The highest BCUT2D eigenvalue weighted by atomic mass is 16.2. The first-order chi connectivity index (χ1) is 11.2. The van der Waals surface area contributed by atoms with Gasteiger partial charge in [-0.1, -0.05) is 13.3 Å². The van der Waals surface area contributed by atoms with Crippen molar-refractivity contribution < 1.29 is 9.59 Å². The molecule has 0 radical (unpaired) electrons. The van der Waals surface area contributed by atoms with Crippen molar-refractivity contribution in [2.45, 2.75) is 58.3 Å². The summed E-state index contributed by atoms with van der Waals surface area (Å²) in [4.78, 5) is 25.9. The van der Waals surface area contributed by atoms with Crippen LogP contribution in [0.2, 0.25) is 0 Å². The summed E-state index contributed by atoms with van der Waals surface area (Å²) < 4.78 is 0. The van der Waals surface area contributed by atoms with Crippen LogP contribution in [0.4, 0.5) is 0 Å². The van der Waals surface area contributed by atoms with E-state index < -0.39 is 0 Å². The smallest absolute Gasteiger partial charge is 0.222 e. The van der Waals surface area contributed by atoms with E-state index >= 15 is 0 Å². The molecular formula is C18H33N3O2. The first kappa shape index (κ1) is 18.2. The minimum Gasteiger partial charge on any atom is -0.356 e. The van der Waals surface area contributed by atoms with Gasteiger partial charge in [0.05, 0.1) is 0 Å². The molecule has 132 valence electrons. The molecule has 0 aliphatic carbocycles. The molecule has 2 fully saturated rings. The van der Waals surface area contributed by atoms with Crippen molar-refractivity contribution in [1.82, 2.24) is 15.5 Å². The van der Waals surface area contributed by atoms with Gasteiger partial charge in [-0.15, -0.1) is 0 Å². The minimum absolute atomic E-state index is 0.165. The molecule has 0 bridgehead atoms. The van der Waals surface area contributed by atoms with Crippen LogP contribution in [0.3, 0.4) is 0 Å². The predicted molar refractivity (Wildman–Crippen MR) is 92.0 cm³/mol. The van der Waals surface area contributed by atoms with E-state index in [0.29, 0.717) is 31.2 Å². The van der Waals surface area contributed by atoms with Crippen LogP contribution in [0.5, 0.6) is 0 Å². The van der Waals surface area contributed by atoms with Gasteiger partial charge in [0, 0.05) is 32.5 Å². The highest BCUT2D eigenvalue weighted by Gasteiger charge is 2.22. The Kier molecular flexibility index (Phi) is 7.86. The molecule has 2 heterocycles. The molecule has 0 saturated carbocycles. The lowest BCUT2D eigenvalue weighted by molar-refractivity contribution is -0.130. The van der Waals surface area contributed by atoms with Crippen LogP contribution in [0.1, 0.15) is 58.3 Å². The van der Waals surface area contributed by atoms with Crippen LogP contribution in [0, 0.1) is 11.8 Å². The molecule has 1 atom stereocenters. The molecule has 0 spiro atoms. The van der Waals surface area contributed by atoms with E-state index in [1.54, 1.807) is 0 Å². The summed E-state index contributed by atoms with van der Waals surface area (Å²) in [5.41, 5.74) is 0. The van der Waals surface area contributed by atoms with Crippen molar-refractivity contribution in [2.75, 3.05) is 32.7 Å². The fourth-order valence-corrected chi connectivity index (χ4v) is 3.72. The lowest BCUT2D eigenvalue weighted by Gasteiger charge is -2.28. The van der Waals surface area contributed by atoms with Gasteiger partial charge >= 0.3 is 0 Å². The predicted octanol–water partition coefficient (Wildman–Crippen LogP) is 1.92. The molecular weight excluding hydrogens is 290 g/mol. The third-order valence-electron chi connectivity index (χ3n) is 5.29. The fourth-order valence-electron chi connectivity index (χ4n) is 3.72. The summed E-state index contributed by atoms with van der Waals surface area (Å²) in [7, 11) is 0. The van der Waals surface area contributed by atoms with E-state index in [1.807, 2.05) is 4.90 Å². The highest BCUT2D eigenvalue weighted by Crippen LogP contribution is 2.24. The average Bonchev–Trinajstić information content (AvgIpc) is 2.77. The maximum absolute atomic E-state index is 12.1. The summed E-state index contributed by atoms with van der Waals surface area (Å²) in [5.74, 6) is 1.59. The van der Waals surface area contributed by atoms with E-state index in [-0.39, 0.29) is 11.8 Å². The molecule has 23 heavy (non-hydrogen) atoms. The van der Waals surface area contributed by atoms with Gasteiger partial charge in [-0.3, -0.25) is 9.59 Å². The quantitative estimate of drug-likeness (QED) is 0.704. The van der Waals surface area contributed by atoms with Gasteiger partial charge < -0.3 is 15.5 Å². The zero-order valence-corrected chi connectivity index (χ0v) is 14.6. The fraction of sp³-hybridized carbons (Fsp3) is 0.889. The maximum Gasteiger partial charge on any atom is 0.222 e. The molecule has 5 nitrogen and oxygen atoms in total. The summed E-state index contributed by atoms with van der Waals surface area (Å²) in [6, 6.07) is 0. The molecule has 2 aliphatic heterocycles. The van der Waals surface area contributed by atoms with Crippen molar-refractivity contribution in [1.29, 1.82) is 0 Å². The Bertz CT molecular complexity index is 380. The number of rotatable bonds is 7. The standard InChI is InChI=1S/C18H33N3O2/c1-15(16-7-10-19-11-8-16)14-17(22)20-9-5-13-21-12-4-2-3-6-18(21)23/h15-16,19H,2-14H2,1H3,(H,20,22). The van der Waals surface area contributed by atoms with Crippen LogP contribution < -0.4 is 10.6 Å². The van der Waals surface area contributed by atoms with Gasteiger partial charge in [-0.25, -0.2) is 0 Å². The van der Waals surface area contributed by atoms with E-state index in [1.165, 1.54) is 12.8 Å². The monoisotopic (exact) mass is 323 g/mol. The van der Waals surface area contributed by atoms with Gasteiger partial charge in [0.15, 0.2) is 0 Å². The van der Waals surface area contributed by atoms with E-state index in [4.69, 9.17) is 0 Å². The largest absolute Gasteiger partial charge is 0.356 e. The number of nitrogens with zero attached hydrogens (tertiary/aromatic N) is 1. The Morgan fingerprint density at radius 1 is 1.30 bits per heavy atom. The normalized spacial score (nSPS) is 21.8. The molecule has 0 aromatic carbocycles. The Balaban J connectivity index is 1.57. The van der Waals surface area contributed by atoms with Crippen LogP contribution in [-0.2, 0) is 9.59 Å². The number of amides is 2. The Morgan fingerprint density at radius 2 is 2.09 bits per heavy atom. The third-order valence-corrected chi connectivity index (χ3v) is 5.29. The Morgan fingerprint density at radius 3 is 2.87 bits per heavy atom. The van der Waals surface area contributed by atoms with Gasteiger partial charge in [0.1, 0.15) is 0 Å². The molecule has 2 saturated heterocycles. The van der Waals surface area contributed by atoms with Crippen LogP contribution >= 0.6 is 0 Å². The van der Waals surface area contributed by atoms with E-state index in [0.717, 1.165) is 51.9 Å². The molecule has 2 aliphatic rings. The zero-order chi connectivity index (χ0) is 16.5. The lowest BCUT2D eigenvalue weighted by Crippen LogP contribution is -2.35. The van der Waals surface area contributed by atoms with Crippen LogP contribution in [0.25, 0.3) is 0 Å². The summed E-state index contributed by atoms with van der Waals surface area (Å²) >= 11 is 0. The first-order valence-corrected chi connectivity index (χ1v) is 9.42.